The number of aryl methyl sites for hydroxylation is 1. The maximum Gasteiger partial charge on any atom is 0.303 e. The summed E-state index contributed by atoms with van der Waals surface area (Å²) < 4.78 is 4.92. The standard InChI is InChI=1S/C21H25N3O5S/c1-12-19(30-11-23-12)16-6-4-15(5-7-16)9-22-20(27)18-8-17(26)10-24(18)21(28)13(2)29-14(3)25/h4-7,11,13,17-18,26H,8-10H2,1-3H3,(H,22,27)/t13?,17-,18+/m1/s1. The van der Waals surface area contributed by atoms with E-state index in [-0.39, 0.29) is 18.9 Å². The van der Waals surface area contributed by atoms with Gasteiger partial charge in [-0.3, -0.25) is 14.4 Å². The van der Waals surface area contributed by atoms with Gasteiger partial charge in [0.05, 0.1) is 22.2 Å². The van der Waals surface area contributed by atoms with Crippen molar-refractivity contribution in [2.75, 3.05) is 6.54 Å². The van der Waals surface area contributed by atoms with Crippen molar-refractivity contribution >= 4 is 29.1 Å². The lowest BCUT2D eigenvalue weighted by atomic mass is 10.1. The average molecular weight is 432 g/mol. The number of ether oxygens (including phenoxy) is 1. The van der Waals surface area contributed by atoms with Gasteiger partial charge < -0.3 is 20.1 Å². The second-order valence-corrected chi connectivity index (χ2v) is 8.18. The molecule has 0 bridgehead atoms. The van der Waals surface area contributed by atoms with E-state index in [4.69, 9.17) is 4.74 Å². The van der Waals surface area contributed by atoms with E-state index >= 15 is 0 Å². The second kappa shape index (κ2) is 9.36. The van der Waals surface area contributed by atoms with Gasteiger partial charge in [0.1, 0.15) is 6.04 Å². The van der Waals surface area contributed by atoms with Gasteiger partial charge in [0, 0.05) is 26.4 Å². The first-order valence-corrected chi connectivity index (χ1v) is 10.6. The van der Waals surface area contributed by atoms with Gasteiger partial charge in [-0.05, 0) is 25.0 Å². The SMILES string of the molecule is CC(=O)OC(C)C(=O)N1C[C@H](O)C[C@H]1C(=O)NCc1ccc(-c2scnc2C)cc1. The number of hydrogen-bond donors (Lipinski definition) is 2. The van der Waals surface area contributed by atoms with Crippen LogP contribution in [0.5, 0.6) is 0 Å². The monoisotopic (exact) mass is 431 g/mol. The minimum Gasteiger partial charge on any atom is -0.453 e. The first-order valence-electron chi connectivity index (χ1n) is 9.69. The molecular formula is C21H25N3O5S. The fourth-order valence-corrected chi connectivity index (χ4v) is 4.31. The molecule has 0 spiro atoms. The van der Waals surface area contributed by atoms with Gasteiger partial charge in [-0.15, -0.1) is 11.3 Å². The van der Waals surface area contributed by atoms with Crippen molar-refractivity contribution in [3.05, 3.63) is 41.0 Å². The quantitative estimate of drug-likeness (QED) is 0.673. The van der Waals surface area contributed by atoms with E-state index in [9.17, 15) is 19.5 Å². The lowest BCUT2D eigenvalue weighted by Crippen LogP contribution is -2.49. The fourth-order valence-electron chi connectivity index (χ4n) is 3.50. The number of aliphatic hydroxyl groups is 1. The molecule has 1 aromatic heterocycles. The Bertz CT molecular complexity index is 927. The molecule has 9 heteroatoms. The highest BCUT2D eigenvalue weighted by Gasteiger charge is 2.40. The van der Waals surface area contributed by atoms with E-state index in [1.807, 2.05) is 36.7 Å². The van der Waals surface area contributed by atoms with Crippen LogP contribution >= 0.6 is 11.3 Å². The molecule has 0 radical (unpaired) electrons. The van der Waals surface area contributed by atoms with E-state index in [1.165, 1.54) is 18.7 Å². The molecule has 1 fully saturated rings. The molecule has 1 unspecified atom stereocenters. The summed E-state index contributed by atoms with van der Waals surface area (Å²) in [6.07, 6.45) is -1.66. The van der Waals surface area contributed by atoms with Crippen molar-refractivity contribution < 1.29 is 24.2 Å². The van der Waals surface area contributed by atoms with Gasteiger partial charge in [0.15, 0.2) is 6.10 Å². The smallest absolute Gasteiger partial charge is 0.303 e. The number of benzene rings is 1. The summed E-state index contributed by atoms with van der Waals surface area (Å²) in [4.78, 5) is 43.0. The Balaban J connectivity index is 1.61. The molecule has 1 aliphatic heterocycles. The molecule has 30 heavy (non-hydrogen) atoms. The van der Waals surface area contributed by atoms with Gasteiger partial charge >= 0.3 is 5.97 Å². The van der Waals surface area contributed by atoms with Gasteiger partial charge in [0.25, 0.3) is 5.91 Å². The molecule has 1 aliphatic rings. The predicted octanol–water partition coefficient (Wildman–Crippen LogP) is 1.65. The molecule has 3 rings (SSSR count). The number of thiazole rings is 1. The summed E-state index contributed by atoms with van der Waals surface area (Å²) >= 11 is 1.58. The number of amides is 2. The summed E-state index contributed by atoms with van der Waals surface area (Å²) in [6, 6.07) is 7.04. The zero-order valence-corrected chi connectivity index (χ0v) is 17.9. The number of aromatic nitrogens is 1. The number of aliphatic hydroxyl groups excluding tert-OH is 1. The van der Waals surface area contributed by atoms with Crippen LogP contribution < -0.4 is 5.32 Å². The lowest BCUT2D eigenvalue weighted by molar-refractivity contribution is -0.158. The maximum atomic E-state index is 12.7. The first kappa shape index (κ1) is 21.9. The number of rotatable bonds is 6. The number of carbonyl (C=O) groups is 3. The Morgan fingerprint density at radius 3 is 2.63 bits per heavy atom. The third-order valence-electron chi connectivity index (χ3n) is 4.98. The molecule has 1 aromatic carbocycles. The van der Waals surface area contributed by atoms with E-state index < -0.39 is 30.1 Å². The van der Waals surface area contributed by atoms with E-state index in [2.05, 4.69) is 10.3 Å². The predicted molar refractivity (Wildman–Crippen MR) is 111 cm³/mol. The zero-order valence-electron chi connectivity index (χ0n) is 17.1. The van der Waals surface area contributed by atoms with E-state index in [0.717, 1.165) is 21.7 Å². The molecule has 2 amide bonds. The molecule has 1 saturated heterocycles. The number of nitrogens with zero attached hydrogens (tertiary/aromatic N) is 2. The molecule has 2 N–H and O–H groups in total. The number of esters is 1. The van der Waals surface area contributed by atoms with Crippen molar-refractivity contribution in [2.45, 2.75) is 52.0 Å². The van der Waals surface area contributed by atoms with Gasteiger partial charge in [-0.2, -0.15) is 0 Å². The largest absolute Gasteiger partial charge is 0.453 e. The number of carbonyl (C=O) groups excluding carboxylic acids is 3. The third-order valence-corrected chi connectivity index (χ3v) is 5.96. The normalized spacial score (nSPS) is 19.4. The third kappa shape index (κ3) is 5.03. The summed E-state index contributed by atoms with van der Waals surface area (Å²) in [5.41, 5.74) is 4.78. The average Bonchev–Trinajstić information content (AvgIpc) is 3.31. The Morgan fingerprint density at radius 2 is 2.03 bits per heavy atom. The summed E-state index contributed by atoms with van der Waals surface area (Å²) in [5.74, 6) is -1.42. The van der Waals surface area contributed by atoms with Crippen molar-refractivity contribution in [3.8, 4) is 10.4 Å². The molecule has 2 aromatic rings. The van der Waals surface area contributed by atoms with Crippen LogP contribution in [0.4, 0.5) is 0 Å². The van der Waals surface area contributed by atoms with Crippen LogP contribution in [0, 0.1) is 6.92 Å². The number of nitrogens with one attached hydrogen (secondary N) is 1. The zero-order chi connectivity index (χ0) is 21.8. The summed E-state index contributed by atoms with van der Waals surface area (Å²) in [6.45, 7) is 4.97. The van der Waals surface area contributed by atoms with Crippen molar-refractivity contribution in [1.29, 1.82) is 0 Å². The highest BCUT2D eigenvalue weighted by molar-refractivity contribution is 7.13. The van der Waals surface area contributed by atoms with Crippen LogP contribution in [-0.4, -0.2) is 57.6 Å². The molecule has 2 heterocycles. The van der Waals surface area contributed by atoms with Gasteiger partial charge in [-0.1, -0.05) is 24.3 Å². The first-order chi connectivity index (χ1) is 14.3. The fraction of sp³-hybridized carbons (Fsp3) is 0.429. The Hall–Kier alpha value is -2.78. The Kier molecular flexibility index (Phi) is 6.84. The molecule has 0 saturated carbocycles. The van der Waals surface area contributed by atoms with Crippen LogP contribution in [-0.2, 0) is 25.7 Å². The van der Waals surface area contributed by atoms with E-state index in [0.29, 0.717) is 6.54 Å². The summed E-state index contributed by atoms with van der Waals surface area (Å²) in [7, 11) is 0. The van der Waals surface area contributed by atoms with Crippen LogP contribution in [0.15, 0.2) is 29.8 Å². The number of β-amino-alcohol motifs (C(OH)–C–C–N with tert-alkyl or cyclic N) is 1. The minimum atomic E-state index is -1.01. The maximum absolute atomic E-state index is 12.7. The van der Waals surface area contributed by atoms with Crippen LogP contribution in [0.2, 0.25) is 0 Å². The van der Waals surface area contributed by atoms with Crippen molar-refractivity contribution in [3.63, 3.8) is 0 Å². The number of hydrogen-bond acceptors (Lipinski definition) is 7. The number of likely N-dealkylation sites (tertiary alicyclic amines) is 1. The molecule has 8 nitrogen and oxygen atoms in total. The highest BCUT2D eigenvalue weighted by Crippen LogP contribution is 2.27. The Morgan fingerprint density at radius 1 is 1.33 bits per heavy atom. The van der Waals surface area contributed by atoms with Crippen LogP contribution in [0.3, 0.4) is 0 Å². The Labute approximate surface area is 178 Å². The molecule has 0 aliphatic carbocycles. The van der Waals surface area contributed by atoms with Crippen molar-refractivity contribution in [1.82, 2.24) is 15.2 Å². The van der Waals surface area contributed by atoms with Crippen LogP contribution in [0.1, 0.15) is 31.5 Å². The van der Waals surface area contributed by atoms with Crippen molar-refractivity contribution in [2.24, 2.45) is 0 Å². The topological polar surface area (TPSA) is 109 Å². The van der Waals surface area contributed by atoms with Gasteiger partial charge in [0.2, 0.25) is 5.91 Å². The molecule has 3 atom stereocenters. The highest BCUT2D eigenvalue weighted by atomic mass is 32.1. The molecule has 160 valence electrons. The minimum absolute atomic E-state index is 0.0332. The molecular weight excluding hydrogens is 406 g/mol. The second-order valence-electron chi connectivity index (χ2n) is 7.33. The van der Waals surface area contributed by atoms with Gasteiger partial charge in [-0.25, -0.2) is 4.98 Å². The van der Waals surface area contributed by atoms with E-state index in [1.54, 1.807) is 11.3 Å². The summed E-state index contributed by atoms with van der Waals surface area (Å²) in [5, 5.41) is 12.8. The lowest BCUT2D eigenvalue weighted by Gasteiger charge is -2.26. The van der Waals surface area contributed by atoms with Crippen LogP contribution in [0.25, 0.3) is 10.4 Å².